The summed E-state index contributed by atoms with van der Waals surface area (Å²) >= 11 is 0. The molecule has 2 aromatic carbocycles. The van der Waals surface area contributed by atoms with Gasteiger partial charge in [0.25, 0.3) is 5.91 Å². The number of hydrogen-bond acceptors (Lipinski definition) is 5. The van der Waals surface area contributed by atoms with E-state index in [9.17, 15) is 9.59 Å². The highest BCUT2D eigenvalue weighted by Crippen LogP contribution is 2.22. The van der Waals surface area contributed by atoms with Crippen LogP contribution in [0.25, 0.3) is 11.0 Å². The van der Waals surface area contributed by atoms with E-state index in [1.54, 1.807) is 42.5 Å². The summed E-state index contributed by atoms with van der Waals surface area (Å²) in [7, 11) is 1.54. The lowest BCUT2D eigenvalue weighted by atomic mass is 10.1. The standard InChI is InChI=1S/C20H19NO5/c1-3-9-25-16-8-7-13-10-17(20(23)26-18(13)12-16)19(22)21-14-5-4-6-15(11-14)24-2/h4-8,10-12H,3,9H2,1-2H3,(H,21,22). The van der Waals surface area contributed by atoms with Crippen molar-refractivity contribution in [2.75, 3.05) is 19.0 Å². The van der Waals surface area contributed by atoms with Crippen LogP contribution in [-0.2, 0) is 0 Å². The minimum absolute atomic E-state index is 0.0671. The molecule has 0 bridgehead atoms. The average Bonchev–Trinajstić information content (AvgIpc) is 2.65. The molecule has 0 aliphatic rings. The Bertz CT molecular complexity index is 993. The third kappa shape index (κ3) is 3.85. The fourth-order valence-corrected chi connectivity index (χ4v) is 2.46. The predicted octanol–water partition coefficient (Wildman–Crippen LogP) is 3.84. The molecule has 6 heteroatoms. The molecule has 0 spiro atoms. The molecule has 3 aromatic rings. The largest absolute Gasteiger partial charge is 0.497 e. The van der Waals surface area contributed by atoms with E-state index >= 15 is 0 Å². The smallest absolute Gasteiger partial charge is 0.349 e. The van der Waals surface area contributed by atoms with Crippen LogP contribution >= 0.6 is 0 Å². The first kappa shape index (κ1) is 17.5. The van der Waals surface area contributed by atoms with Crippen molar-refractivity contribution in [1.29, 1.82) is 0 Å². The zero-order chi connectivity index (χ0) is 18.5. The predicted molar refractivity (Wildman–Crippen MR) is 99.2 cm³/mol. The maximum absolute atomic E-state index is 12.4. The highest BCUT2D eigenvalue weighted by Gasteiger charge is 2.14. The van der Waals surface area contributed by atoms with Crippen LogP contribution in [0.3, 0.4) is 0 Å². The van der Waals surface area contributed by atoms with E-state index < -0.39 is 11.5 Å². The highest BCUT2D eigenvalue weighted by atomic mass is 16.5. The molecule has 0 atom stereocenters. The van der Waals surface area contributed by atoms with Crippen molar-refractivity contribution in [3.05, 3.63) is 64.5 Å². The number of fused-ring (bicyclic) bond motifs is 1. The van der Waals surface area contributed by atoms with Crippen LogP contribution < -0.4 is 20.4 Å². The second kappa shape index (κ2) is 7.74. The number of rotatable bonds is 6. The number of anilines is 1. The summed E-state index contributed by atoms with van der Waals surface area (Å²) in [5.41, 5.74) is 0.131. The molecule has 6 nitrogen and oxygen atoms in total. The number of methoxy groups -OCH3 is 1. The third-order valence-corrected chi connectivity index (χ3v) is 3.75. The van der Waals surface area contributed by atoms with Crippen LogP contribution in [0, 0.1) is 0 Å². The van der Waals surface area contributed by atoms with E-state index in [1.807, 2.05) is 6.92 Å². The van der Waals surface area contributed by atoms with Crippen LogP contribution in [0.15, 0.2) is 57.7 Å². The summed E-state index contributed by atoms with van der Waals surface area (Å²) < 4.78 is 15.9. The second-order valence-electron chi connectivity index (χ2n) is 5.68. The first-order valence-corrected chi connectivity index (χ1v) is 8.27. The number of carbonyl (C=O) groups excluding carboxylic acids is 1. The average molecular weight is 353 g/mol. The molecule has 1 N–H and O–H groups in total. The van der Waals surface area contributed by atoms with Crippen molar-refractivity contribution in [2.45, 2.75) is 13.3 Å². The molecule has 3 rings (SSSR count). The van der Waals surface area contributed by atoms with Crippen molar-refractivity contribution in [3.63, 3.8) is 0 Å². The van der Waals surface area contributed by atoms with E-state index in [-0.39, 0.29) is 5.56 Å². The third-order valence-electron chi connectivity index (χ3n) is 3.75. The summed E-state index contributed by atoms with van der Waals surface area (Å²) in [6.07, 6.45) is 0.880. The van der Waals surface area contributed by atoms with E-state index in [0.29, 0.717) is 34.8 Å². The van der Waals surface area contributed by atoms with Gasteiger partial charge in [-0.1, -0.05) is 13.0 Å². The number of benzene rings is 2. The van der Waals surface area contributed by atoms with Crippen LogP contribution in [0.2, 0.25) is 0 Å². The normalized spacial score (nSPS) is 10.5. The lowest BCUT2D eigenvalue weighted by Gasteiger charge is -2.08. The van der Waals surface area contributed by atoms with Gasteiger partial charge in [0.15, 0.2) is 0 Å². The van der Waals surface area contributed by atoms with Crippen molar-refractivity contribution < 1.29 is 18.7 Å². The molecule has 0 unspecified atom stereocenters. The molecule has 0 saturated carbocycles. The number of amides is 1. The van der Waals surface area contributed by atoms with Gasteiger partial charge >= 0.3 is 5.63 Å². The van der Waals surface area contributed by atoms with Gasteiger partial charge in [0.1, 0.15) is 22.6 Å². The van der Waals surface area contributed by atoms with Crippen molar-refractivity contribution in [2.24, 2.45) is 0 Å². The number of ether oxygens (including phenoxy) is 2. The Labute approximate surface area is 150 Å². The molecular formula is C20H19NO5. The Kier molecular flexibility index (Phi) is 5.22. The van der Waals surface area contributed by atoms with Gasteiger partial charge in [-0.05, 0) is 36.8 Å². The summed E-state index contributed by atoms with van der Waals surface area (Å²) in [6, 6.07) is 13.6. The highest BCUT2D eigenvalue weighted by molar-refractivity contribution is 6.05. The lowest BCUT2D eigenvalue weighted by molar-refractivity contribution is 0.102. The molecule has 0 aliphatic carbocycles. The maximum Gasteiger partial charge on any atom is 0.349 e. The summed E-state index contributed by atoms with van der Waals surface area (Å²) in [5.74, 6) is 0.684. The Morgan fingerprint density at radius 3 is 2.73 bits per heavy atom. The number of nitrogens with one attached hydrogen (secondary N) is 1. The van der Waals surface area contributed by atoms with Gasteiger partial charge in [-0.25, -0.2) is 4.79 Å². The molecule has 26 heavy (non-hydrogen) atoms. The Balaban J connectivity index is 1.88. The summed E-state index contributed by atoms with van der Waals surface area (Å²) in [4.78, 5) is 24.7. The van der Waals surface area contributed by atoms with Crippen molar-refractivity contribution >= 4 is 22.6 Å². The Morgan fingerprint density at radius 1 is 1.12 bits per heavy atom. The van der Waals surface area contributed by atoms with Crippen molar-refractivity contribution in [1.82, 2.24) is 0 Å². The topological polar surface area (TPSA) is 77.8 Å². The number of hydrogen-bond donors (Lipinski definition) is 1. The van der Waals surface area contributed by atoms with Gasteiger partial charge in [-0.3, -0.25) is 4.79 Å². The quantitative estimate of drug-likeness (QED) is 0.681. The monoisotopic (exact) mass is 353 g/mol. The Morgan fingerprint density at radius 2 is 1.96 bits per heavy atom. The zero-order valence-corrected chi connectivity index (χ0v) is 14.6. The van der Waals surface area contributed by atoms with Crippen LogP contribution in [0.1, 0.15) is 23.7 Å². The van der Waals surface area contributed by atoms with Gasteiger partial charge < -0.3 is 19.2 Å². The van der Waals surface area contributed by atoms with Crippen LogP contribution in [0.4, 0.5) is 5.69 Å². The van der Waals surface area contributed by atoms with Gasteiger partial charge in [0.2, 0.25) is 0 Å². The SMILES string of the molecule is CCCOc1ccc2cc(C(=O)Nc3cccc(OC)c3)c(=O)oc2c1. The van der Waals surface area contributed by atoms with E-state index in [2.05, 4.69) is 5.32 Å². The molecule has 1 heterocycles. The number of carbonyl (C=O) groups is 1. The first-order valence-electron chi connectivity index (χ1n) is 8.27. The van der Waals surface area contributed by atoms with Crippen molar-refractivity contribution in [3.8, 4) is 11.5 Å². The first-order chi connectivity index (χ1) is 12.6. The van der Waals surface area contributed by atoms with Crippen LogP contribution in [0.5, 0.6) is 11.5 Å². The summed E-state index contributed by atoms with van der Waals surface area (Å²) in [6.45, 7) is 2.59. The van der Waals surface area contributed by atoms with Gasteiger partial charge in [-0.2, -0.15) is 0 Å². The molecule has 134 valence electrons. The molecular weight excluding hydrogens is 334 g/mol. The fraction of sp³-hybridized carbons (Fsp3) is 0.200. The molecule has 1 amide bonds. The lowest BCUT2D eigenvalue weighted by Crippen LogP contribution is -2.20. The minimum Gasteiger partial charge on any atom is -0.497 e. The second-order valence-corrected chi connectivity index (χ2v) is 5.68. The molecule has 0 saturated heterocycles. The van der Waals surface area contributed by atoms with Gasteiger partial charge in [0.05, 0.1) is 13.7 Å². The van der Waals surface area contributed by atoms with E-state index in [1.165, 1.54) is 13.2 Å². The van der Waals surface area contributed by atoms with E-state index in [0.717, 1.165) is 6.42 Å². The zero-order valence-electron chi connectivity index (χ0n) is 14.6. The van der Waals surface area contributed by atoms with Crippen LogP contribution in [-0.4, -0.2) is 19.6 Å². The van der Waals surface area contributed by atoms with Gasteiger partial charge in [0, 0.05) is 23.2 Å². The maximum atomic E-state index is 12.4. The molecule has 0 aliphatic heterocycles. The molecule has 1 aromatic heterocycles. The van der Waals surface area contributed by atoms with Gasteiger partial charge in [-0.15, -0.1) is 0 Å². The molecule has 0 radical (unpaired) electrons. The fourth-order valence-electron chi connectivity index (χ4n) is 2.46. The molecule has 0 fully saturated rings. The summed E-state index contributed by atoms with van der Waals surface area (Å²) in [5, 5.41) is 3.32. The minimum atomic E-state index is -0.703. The van der Waals surface area contributed by atoms with E-state index in [4.69, 9.17) is 13.9 Å². The Hall–Kier alpha value is -3.28.